The molecule has 0 saturated heterocycles. The molecule has 1 heterocycles. The lowest BCUT2D eigenvalue weighted by atomic mass is 9.75. The van der Waals surface area contributed by atoms with Crippen molar-refractivity contribution >= 4 is 0 Å². The molecule has 1 saturated carbocycles. The molecular weight excluding hydrogens is 138 g/mol. The summed E-state index contributed by atoms with van der Waals surface area (Å²) in [5, 5.41) is 4.30. The summed E-state index contributed by atoms with van der Waals surface area (Å²) in [5.41, 5.74) is 7.01. The van der Waals surface area contributed by atoms with Gasteiger partial charge in [0.2, 0.25) is 0 Å². The van der Waals surface area contributed by atoms with Crippen molar-refractivity contribution in [3.05, 3.63) is 18.0 Å². The van der Waals surface area contributed by atoms with Crippen LogP contribution in [0.4, 0.5) is 0 Å². The smallest absolute Gasteiger partial charge is 0.0823 e. The zero-order valence-corrected chi connectivity index (χ0v) is 6.75. The van der Waals surface area contributed by atoms with Gasteiger partial charge in [-0.3, -0.25) is 4.68 Å². The van der Waals surface area contributed by atoms with Crippen molar-refractivity contribution < 1.29 is 0 Å². The predicted molar refractivity (Wildman–Crippen MR) is 42.9 cm³/mol. The van der Waals surface area contributed by atoms with Crippen LogP contribution in [0.3, 0.4) is 0 Å². The molecule has 0 unspecified atom stereocenters. The molecule has 1 aliphatic carbocycles. The number of aryl methyl sites for hydroxylation is 1. The normalized spacial score (nSPS) is 21.3. The summed E-state index contributed by atoms with van der Waals surface area (Å²) in [6, 6.07) is 2.01. The van der Waals surface area contributed by atoms with Crippen LogP contribution in [0.15, 0.2) is 12.3 Å². The van der Waals surface area contributed by atoms with Crippen molar-refractivity contribution in [2.24, 2.45) is 12.8 Å². The molecule has 2 rings (SSSR count). The Labute approximate surface area is 66.2 Å². The van der Waals surface area contributed by atoms with Crippen molar-refractivity contribution in [3.8, 4) is 0 Å². The van der Waals surface area contributed by atoms with Crippen LogP contribution in [0.5, 0.6) is 0 Å². The largest absolute Gasteiger partial charge is 0.320 e. The maximum Gasteiger partial charge on any atom is 0.0823 e. The third-order valence-corrected chi connectivity index (χ3v) is 2.47. The first kappa shape index (κ1) is 6.85. The number of nitrogens with two attached hydrogens (primary N) is 1. The molecule has 0 aliphatic heterocycles. The molecule has 1 aromatic heterocycles. The predicted octanol–water partition coefficient (Wildman–Crippen LogP) is 0.758. The number of aromatic nitrogens is 2. The van der Waals surface area contributed by atoms with Crippen LogP contribution in [0.2, 0.25) is 0 Å². The highest BCUT2D eigenvalue weighted by molar-refractivity contribution is 5.16. The van der Waals surface area contributed by atoms with E-state index in [0.29, 0.717) is 0 Å². The first-order valence-electron chi connectivity index (χ1n) is 4.00. The Morgan fingerprint density at radius 2 is 2.36 bits per heavy atom. The van der Waals surface area contributed by atoms with Gasteiger partial charge in [0.25, 0.3) is 0 Å². The van der Waals surface area contributed by atoms with E-state index in [-0.39, 0.29) is 5.54 Å². The molecule has 60 valence electrons. The Hall–Kier alpha value is -0.830. The lowest BCUT2D eigenvalue weighted by molar-refractivity contribution is 0.244. The molecule has 0 spiro atoms. The fraction of sp³-hybridized carbons (Fsp3) is 0.625. The SMILES string of the molecule is Cn1ccc(C2(N)CCC2)n1. The molecule has 3 heteroatoms. The van der Waals surface area contributed by atoms with E-state index >= 15 is 0 Å². The van der Waals surface area contributed by atoms with Crippen molar-refractivity contribution in [1.82, 2.24) is 9.78 Å². The topological polar surface area (TPSA) is 43.8 Å². The summed E-state index contributed by atoms with van der Waals surface area (Å²) in [6.45, 7) is 0. The minimum absolute atomic E-state index is 0.0960. The first-order valence-corrected chi connectivity index (χ1v) is 4.00. The van der Waals surface area contributed by atoms with Gasteiger partial charge in [-0.15, -0.1) is 0 Å². The molecule has 2 N–H and O–H groups in total. The van der Waals surface area contributed by atoms with Crippen LogP contribution in [0.25, 0.3) is 0 Å². The van der Waals surface area contributed by atoms with Gasteiger partial charge in [-0.1, -0.05) is 0 Å². The van der Waals surface area contributed by atoms with Gasteiger partial charge in [0.15, 0.2) is 0 Å². The van der Waals surface area contributed by atoms with Gasteiger partial charge in [-0.25, -0.2) is 0 Å². The Morgan fingerprint density at radius 3 is 2.73 bits per heavy atom. The summed E-state index contributed by atoms with van der Waals surface area (Å²) in [5.74, 6) is 0. The minimum Gasteiger partial charge on any atom is -0.320 e. The molecule has 0 bridgehead atoms. The van der Waals surface area contributed by atoms with E-state index in [0.717, 1.165) is 18.5 Å². The van der Waals surface area contributed by atoms with Crippen LogP contribution >= 0.6 is 0 Å². The fourth-order valence-corrected chi connectivity index (χ4v) is 1.49. The molecular formula is C8H13N3. The van der Waals surface area contributed by atoms with E-state index in [9.17, 15) is 0 Å². The maximum atomic E-state index is 6.06. The molecule has 3 nitrogen and oxygen atoms in total. The molecule has 11 heavy (non-hydrogen) atoms. The second kappa shape index (κ2) is 2.08. The first-order chi connectivity index (χ1) is 5.21. The molecule has 1 aliphatic rings. The van der Waals surface area contributed by atoms with Gasteiger partial charge in [0.05, 0.1) is 11.2 Å². The summed E-state index contributed by atoms with van der Waals surface area (Å²) in [4.78, 5) is 0. The Balaban J connectivity index is 2.28. The quantitative estimate of drug-likeness (QED) is 0.644. The number of nitrogens with zero attached hydrogens (tertiary/aromatic N) is 2. The van der Waals surface area contributed by atoms with Crippen molar-refractivity contribution in [3.63, 3.8) is 0 Å². The monoisotopic (exact) mass is 151 g/mol. The highest BCUT2D eigenvalue weighted by atomic mass is 15.3. The highest BCUT2D eigenvalue weighted by Gasteiger charge is 2.36. The van der Waals surface area contributed by atoms with Gasteiger partial charge in [-0.2, -0.15) is 5.10 Å². The van der Waals surface area contributed by atoms with Gasteiger partial charge in [0, 0.05) is 13.2 Å². The summed E-state index contributed by atoms with van der Waals surface area (Å²) in [7, 11) is 1.92. The van der Waals surface area contributed by atoms with E-state index in [1.807, 2.05) is 24.0 Å². The molecule has 0 radical (unpaired) electrons. The molecule has 1 fully saturated rings. The van der Waals surface area contributed by atoms with Crippen molar-refractivity contribution in [1.29, 1.82) is 0 Å². The lowest BCUT2D eigenvalue weighted by Crippen LogP contribution is -2.43. The van der Waals surface area contributed by atoms with Crippen molar-refractivity contribution in [2.75, 3.05) is 0 Å². The number of hydrogen-bond acceptors (Lipinski definition) is 2. The van der Waals surface area contributed by atoms with Gasteiger partial charge in [0.1, 0.15) is 0 Å². The summed E-state index contributed by atoms with van der Waals surface area (Å²) in [6.07, 6.45) is 5.36. The molecule has 0 aromatic carbocycles. The van der Waals surface area contributed by atoms with Crippen LogP contribution in [0.1, 0.15) is 25.0 Å². The summed E-state index contributed by atoms with van der Waals surface area (Å²) >= 11 is 0. The van der Waals surface area contributed by atoms with Crippen molar-refractivity contribution in [2.45, 2.75) is 24.8 Å². The van der Waals surface area contributed by atoms with E-state index < -0.39 is 0 Å². The third kappa shape index (κ3) is 0.959. The lowest BCUT2D eigenvalue weighted by Gasteiger charge is -2.36. The van der Waals surface area contributed by atoms with E-state index in [4.69, 9.17) is 5.73 Å². The van der Waals surface area contributed by atoms with E-state index in [2.05, 4.69) is 5.10 Å². The zero-order valence-electron chi connectivity index (χ0n) is 6.75. The Bertz CT molecular complexity index is 260. The van der Waals surface area contributed by atoms with Crippen LogP contribution in [-0.4, -0.2) is 9.78 Å². The number of rotatable bonds is 1. The summed E-state index contributed by atoms with van der Waals surface area (Å²) < 4.78 is 1.81. The molecule has 0 amide bonds. The average molecular weight is 151 g/mol. The Morgan fingerprint density at radius 1 is 1.64 bits per heavy atom. The van der Waals surface area contributed by atoms with E-state index in [1.165, 1.54) is 6.42 Å². The zero-order chi connectivity index (χ0) is 7.90. The standard InChI is InChI=1S/C8H13N3/c1-11-6-3-7(10-11)8(9)4-2-5-8/h3,6H,2,4-5,9H2,1H3. The highest BCUT2D eigenvalue weighted by Crippen LogP contribution is 2.37. The second-order valence-electron chi connectivity index (χ2n) is 3.38. The Kier molecular flexibility index (Phi) is 1.29. The molecule has 0 atom stereocenters. The fourth-order valence-electron chi connectivity index (χ4n) is 1.49. The third-order valence-electron chi connectivity index (χ3n) is 2.47. The minimum atomic E-state index is -0.0960. The van der Waals surface area contributed by atoms with Crippen LogP contribution in [0, 0.1) is 0 Å². The van der Waals surface area contributed by atoms with Gasteiger partial charge in [-0.05, 0) is 25.3 Å². The van der Waals surface area contributed by atoms with Gasteiger partial charge >= 0.3 is 0 Å². The number of hydrogen-bond donors (Lipinski definition) is 1. The van der Waals surface area contributed by atoms with Crippen LogP contribution in [-0.2, 0) is 12.6 Å². The van der Waals surface area contributed by atoms with Gasteiger partial charge < -0.3 is 5.73 Å². The maximum absolute atomic E-state index is 6.06. The average Bonchev–Trinajstić information content (AvgIpc) is 2.31. The molecule has 1 aromatic rings. The van der Waals surface area contributed by atoms with E-state index in [1.54, 1.807) is 0 Å². The van der Waals surface area contributed by atoms with Crippen LogP contribution < -0.4 is 5.73 Å². The second-order valence-corrected chi connectivity index (χ2v) is 3.38.